The van der Waals surface area contributed by atoms with Gasteiger partial charge >= 0.3 is 5.97 Å². The van der Waals surface area contributed by atoms with Crippen molar-refractivity contribution in [3.63, 3.8) is 0 Å². The van der Waals surface area contributed by atoms with E-state index >= 15 is 0 Å². The van der Waals surface area contributed by atoms with Gasteiger partial charge in [0.25, 0.3) is 11.7 Å². The highest BCUT2D eigenvalue weighted by Gasteiger charge is 2.46. The number of aryl methyl sites for hydroxylation is 1. The van der Waals surface area contributed by atoms with Gasteiger partial charge in [-0.2, -0.15) is 0 Å². The van der Waals surface area contributed by atoms with Gasteiger partial charge in [0.05, 0.1) is 30.6 Å². The Bertz CT molecular complexity index is 1380. The minimum Gasteiger partial charge on any atom is -0.507 e. The summed E-state index contributed by atoms with van der Waals surface area (Å²) < 4.78 is 12.4. The lowest BCUT2D eigenvalue weighted by molar-refractivity contribution is -0.139. The molecule has 9 nitrogen and oxygen atoms in total. The molecule has 3 aromatic rings. The van der Waals surface area contributed by atoms with Crippen molar-refractivity contribution < 1.29 is 29.0 Å². The van der Waals surface area contributed by atoms with E-state index in [1.165, 1.54) is 12.0 Å². The van der Waals surface area contributed by atoms with Gasteiger partial charge in [-0.15, -0.1) is 0 Å². The molecule has 2 aliphatic heterocycles. The molecule has 1 N–H and O–H groups in total. The molecular weight excluding hydrogens is 474 g/mol. The van der Waals surface area contributed by atoms with Crippen molar-refractivity contribution in [2.45, 2.75) is 38.5 Å². The SMILES string of the molecule is COC(=O)c1ccc([C@@H]2/C(=C(\O)c3ccc4c(c3)C[C@@H](C)O4)C(=O)C(=O)N2CCCn2ccnc2)cc1. The number of hydrogen-bond acceptors (Lipinski definition) is 7. The number of amides is 1. The summed E-state index contributed by atoms with van der Waals surface area (Å²) >= 11 is 0. The smallest absolute Gasteiger partial charge is 0.337 e. The molecule has 1 amide bonds. The van der Waals surface area contributed by atoms with Crippen molar-refractivity contribution in [3.8, 4) is 5.75 Å². The Morgan fingerprint density at radius 2 is 1.89 bits per heavy atom. The summed E-state index contributed by atoms with van der Waals surface area (Å²) in [5.74, 6) is -1.39. The second kappa shape index (κ2) is 9.93. The van der Waals surface area contributed by atoms with Crippen molar-refractivity contribution in [1.29, 1.82) is 0 Å². The quantitative estimate of drug-likeness (QED) is 0.228. The Balaban J connectivity index is 1.53. The summed E-state index contributed by atoms with van der Waals surface area (Å²) in [6.45, 7) is 2.87. The predicted octanol–water partition coefficient (Wildman–Crippen LogP) is 3.51. The number of ketones is 1. The zero-order chi connectivity index (χ0) is 26.1. The van der Waals surface area contributed by atoms with E-state index in [4.69, 9.17) is 9.47 Å². The van der Waals surface area contributed by atoms with Gasteiger partial charge in [0.1, 0.15) is 17.6 Å². The number of aliphatic hydroxyl groups is 1. The van der Waals surface area contributed by atoms with Crippen LogP contribution < -0.4 is 4.74 Å². The van der Waals surface area contributed by atoms with Crippen molar-refractivity contribution >= 4 is 23.4 Å². The zero-order valence-electron chi connectivity index (χ0n) is 20.6. The molecule has 0 radical (unpaired) electrons. The number of likely N-dealkylation sites (tertiary alicyclic amines) is 1. The third kappa shape index (κ3) is 4.60. The largest absolute Gasteiger partial charge is 0.507 e. The fourth-order valence-corrected chi connectivity index (χ4v) is 4.94. The summed E-state index contributed by atoms with van der Waals surface area (Å²) in [6.07, 6.45) is 6.50. The lowest BCUT2D eigenvalue weighted by Crippen LogP contribution is -2.31. The molecule has 5 rings (SSSR count). The first-order valence-corrected chi connectivity index (χ1v) is 12.1. The van der Waals surface area contributed by atoms with Gasteiger partial charge in [-0.3, -0.25) is 9.59 Å². The fourth-order valence-electron chi connectivity index (χ4n) is 4.94. The highest BCUT2D eigenvalue weighted by molar-refractivity contribution is 6.46. The third-order valence-electron chi connectivity index (χ3n) is 6.73. The number of ether oxygens (including phenoxy) is 2. The molecule has 1 saturated heterocycles. The Labute approximate surface area is 213 Å². The van der Waals surface area contributed by atoms with Gasteiger partial charge in [-0.1, -0.05) is 12.1 Å². The van der Waals surface area contributed by atoms with Crippen molar-refractivity contribution in [2.75, 3.05) is 13.7 Å². The van der Waals surface area contributed by atoms with Crippen LogP contribution in [-0.2, 0) is 27.3 Å². The van der Waals surface area contributed by atoms with Crippen LogP contribution in [0.25, 0.3) is 5.76 Å². The van der Waals surface area contributed by atoms with E-state index in [1.807, 2.05) is 17.7 Å². The van der Waals surface area contributed by atoms with E-state index in [-0.39, 0.29) is 17.4 Å². The van der Waals surface area contributed by atoms with Crippen LogP contribution in [0.2, 0.25) is 0 Å². The molecule has 3 heterocycles. The van der Waals surface area contributed by atoms with Gasteiger partial charge in [-0.25, -0.2) is 9.78 Å². The molecule has 0 aliphatic carbocycles. The normalized spacial score (nSPS) is 20.1. The number of imidazole rings is 1. The summed E-state index contributed by atoms with van der Waals surface area (Å²) in [6, 6.07) is 11.0. The van der Waals surface area contributed by atoms with Crippen LogP contribution in [0, 0.1) is 0 Å². The zero-order valence-corrected chi connectivity index (χ0v) is 20.6. The summed E-state index contributed by atoms with van der Waals surface area (Å²) in [5, 5.41) is 11.4. The van der Waals surface area contributed by atoms with Crippen LogP contribution >= 0.6 is 0 Å². The molecule has 2 aliphatic rings. The van der Waals surface area contributed by atoms with Gasteiger partial charge in [0.2, 0.25) is 0 Å². The van der Waals surface area contributed by atoms with Crippen LogP contribution in [0.4, 0.5) is 0 Å². The van der Waals surface area contributed by atoms with E-state index in [1.54, 1.807) is 55.0 Å². The third-order valence-corrected chi connectivity index (χ3v) is 6.73. The average molecular weight is 502 g/mol. The molecule has 0 spiro atoms. The first-order chi connectivity index (χ1) is 17.9. The van der Waals surface area contributed by atoms with E-state index in [0.717, 1.165) is 11.3 Å². The number of aliphatic hydroxyl groups excluding tert-OH is 1. The Kier molecular flexibility index (Phi) is 6.52. The first kappa shape index (κ1) is 24.3. The van der Waals surface area contributed by atoms with E-state index in [2.05, 4.69) is 4.98 Å². The standard InChI is InChI=1S/C28H27N3O6/c1-17-14-21-15-20(8-9-22(21)37-17)25(32)23-24(18-4-6-19(7-5-18)28(35)36-2)31(27(34)26(23)33)12-3-11-30-13-10-29-16-30/h4-10,13,15-17,24,32H,3,11-12,14H2,1-2H3/b25-23+/t17-,24-/m1/s1. The fraction of sp³-hybridized carbons (Fsp3) is 0.286. The molecule has 37 heavy (non-hydrogen) atoms. The van der Waals surface area contributed by atoms with E-state index in [9.17, 15) is 19.5 Å². The molecule has 9 heteroatoms. The molecule has 2 aromatic carbocycles. The van der Waals surface area contributed by atoms with Gasteiger partial charge in [0, 0.05) is 37.5 Å². The topological polar surface area (TPSA) is 111 Å². The maximum Gasteiger partial charge on any atom is 0.337 e. The van der Waals surface area contributed by atoms with Crippen molar-refractivity contribution in [2.24, 2.45) is 0 Å². The number of carbonyl (C=O) groups excluding carboxylic acids is 3. The van der Waals surface area contributed by atoms with E-state index < -0.39 is 23.7 Å². The van der Waals surface area contributed by atoms with Crippen LogP contribution in [0.1, 0.15) is 46.4 Å². The maximum atomic E-state index is 13.3. The second-order valence-corrected chi connectivity index (χ2v) is 9.22. The maximum absolute atomic E-state index is 13.3. The number of Topliss-reactive ketones (excluding diaryl/α,β-unsaturated/α-hetero) is 1. The number of esters is 1. The minimum atomic E-state index is -0.807. The number of benzene rings is 2. The summed E-state index contributed by atoms with van der Waals surface area (Å²) in [4.78, 5) is 43.9. The highest BCUT2D eigenvalue weighted by Crippen LogP contribution is 2.40. The molecule has 0 bridgehead atoms. The monoisotopic (exact) mass is 501 g/mol. The number of methoxy groups -OCH3 is 1. The predicted molar refractivity (Wildman–Crippen MR) is 134 cm³/mol. The van der Waals surface area contributed by atoms with Gasteiger partial charge in [-0.05, 0) is 54.8 Å². The van der Waals surface area contributed by atoms with Crippen LogP contribution in [0.5, 0.6) is 5.75 Å². The van der Waals surface area contributed by atoms with Crippen LogP contribution in [-0.4, -0.2) is 57.0 Å². The highest BCUT2D eigenvalue weighted by atomic mass is 16.5. The van der Waals surface area contributed by atoms with Crippen molar-refractivity contribution in [1.82, 2.24) is 14.5 Å². The van der Waals surface area contributed by atoms with Gasteiger partial charge < -0.3 is 24.0 Å². The molecule has 1 fully saturated rings. The Morgan fingerprint density at radius 1 is 1.14 bits per heavy atom. The minimum absolute atomic E-state index is 0.0189. The molecule has 2 atom stereocenters. The summed E-state index contributed by atoms with van der Waals surface area (Å²) in [7, 11) is 1.30. The molecule has 1 aromatic heterocycles. The Hall–Kier alpha value is -4.40. The molecular formula is C28H27N3O6. The second-order valence-electron chi connectivity index (χ2n) is 9.22. The molecule has 190 valence electrons. The molecule has 0 unspecified atom stereocenters. The average Bonchev–Trinajstić information content (AvgIpc) is 3.62. The number of nitrogens with zero attached hydrogens (tertiary/aromatic N) is 3. The lowest BCUT2D eigenvalue weighted by Gasteiger charge is -2.25. The van der Waals surface area contributed by atoms with Crippen LogP contribution in [0.15, 0.2) is 66.8 Å². The van der Waals surface area contributed by atoms with Crippen molar-refractivity contribution in [3.05, 3.63) is 89.0 Å². The Morgan fingerprint density at radius 3 is 2.59 bits per heavy atom. The number of hydrogen-bond donors (Lipinski definition) is 1. The lowest BCUT2D eigenvalue weighted by atomic mass is 9.94. The number of carbonyl (C=O) groups is 3. The number of aromatic nitrogens is 2. The summed E-state index contributed by atoms with van der Waals surface area (Å²) in [5.41, 5.74) is 2.35. The van der Waals surface area contributed by atoms with Gasteiger partial charge in [0.15, 0.2) is 0 Å². The van der Waals surface area contributed by atoms with E-state index in [0.29, 0.717) is 42.6 Å². The first-order valence-electron chi connectivity index (χ1n) is 12.1. The number of fused-ring (bicyclic) bond motifs is 1. The number of rotatable bonds is 7. The van der Waals surface area contributed by atoms with Crippen LogP contribution in [0.3, 0.4) is 0 Å². The molecule has 0 saturated carbocycles.